The van der Waals surface area contributed by atoms with Gasteiger partial charge < -0.3 is 9.88 Å². The number of aryl methyl sites for hydroxylation is 2. The predicted octanol–water partition coefficient (Wildman–Crippen LogP) is 3.47. The van der Waals surface area contributed by atoms with Crippen molar-refractivity contribution in [1.82, 2.24) is 19.7 Å². The molecule has 2 aromatic heterocycles. The van der Waals surface area contributed by atoms with Crippen LogP contribution in [0.4, 0.5) is 0 Å². The lowest BCUT2D eigenvalue weighted by Gasteiger charge is -2.32. The topological polar surface area (TPSA) is 53.9 Å². The minimum atomic E-state index is 0.224. The fraction of sp³-hybridized carbons (Fsp3) is 0.429. The van der Waals surface area contributed by atoms with Crippen LogP contribution < -0.4 is 0 Å². The Labute approximate surface area is 154 Å². The number of aromatic amines is 1. The minimum absolute atomic E-state index is 0.224. The maximum atomic E-state index is 12.8. The van der Waals surface area contributed by atoms with Gasteiger partial charge in [0.2, 0.25) is 5.91 Å². The first-order chi connectivity index (χ1) is 12.5. The van der Waals surface area contributed by atoms with E-state index in [9.17, 15) is 4.79 Å². The number of para-hydroxylation sites is 1. The van der Waals surface area contributed by atoms with Crippen LogP contribution in [0, 0.1) is 13.8 Å². The molecule has 1 fully saturated rings. The molecule has 0 radical (unpaired) electrons. The third-order valence-electron chi connectivity index (χ3n) is 5.90. The first kappa shape index (κ1) is 16.9. The Morgan fingerprint density at radius 2 is 1.96 bits per heavy atom. The minimum Gasteiger partial charge on any atom is -0.361 e. The molecule has 1 aromatic carbocycles. The number of piperidine rings is 1. The molecule has 1 amide bonds. The van der Waals surface area contributed by atoms with E-state index < -0.39 is 0 Å². The van der Waals surface area contributed by atoms with E-state index in [1.165, 1.54) is 16.5 Å². The van der Waals surface area contributed by atoms with Gasteiger partial charge in [0.05, 0.1) is 12.1 Å². The second-order valence-electron chi connectivity index (χ2n) is 7.39. The Balaban J connectivity index is 1.42. The number of likely N-dealkylation sites (tertiary alicyclic amines) is 1. The van der Waals surface area contributed by atoms with E-state index in [-0.39, 0.29) is 5.91 Å². The van der Waals surface area contributed by atoms with Gasteiger partial charge in [-0.15, -0.1) is 0 Å². The maximum absolute atomic E-state index is 12.8. The molecular formula is C21H26N4O. The molecule has 4 rings (SSSR count). The van der Waals surface area contributed by atoms with Crippen LogP contribution in [-0.2, 0) is 18.3 Å². The van der Waals surface area contributed by atoms with Crippen LogP contribution in [0.5, 0.6) is 0 Å². The number of nitrogens with zero attached hydrogens (tertiary/aromatic N) is 3. The Bertz CT molecular complexity index is 944. The van der Waals surface area contributed by atoms with Gasteiger partial charge in [-0.1, -0.05) is 18.2 Å². The smallest absolute Gasteiger partial charge is 0.227 e. The van der Waals surface area contributed by atoms with Crippen molar-refractivity contribution in [3.63, 3.8) is 0 Å². The van der Waals surface area contributed by atoms with Crippen molar-refractivity contribution in [2.75, 3.05) is 13.1 Å². The number of fused-ring (bicyclic) bond motifs is 1. The number of carbonyl (C=O) groups excluding carboxylic acids is 1. The van der Waals surface area contributed by atoms with Gasteiger partial charge in [0.1, 0.15) is 0 Å². The second kappa shape index (κ2) is 6.63. The van der Waals surface area contributed by atoms with Gasteiger partial charge >= 0.3 is 0 Å². The maximum Gasteiger partial charge on any atom is 0.227 e. The van der Waals surface area contributed by atoms with Gasteiger partial charge in [-0.2, -0.15) is 5.10 Å². The van der Waals surface area contributed by atoms with Gasteiger partial charge in [0, 0.05) is 48.5 Å². The van der Waals surface area contributed by atoms with E-state index in [1.807, 2.05) is 30.5 Å². The van der Waals surface area contributed by atoms with Gasteiger partial charge in [0.25, 0.3) is 0 Å². The number of H-pyrrole nitrogens is 1. The van der Waals surface area contributed by atoms with E-state index >= 15 is 0 Å². The molecule has 0 aliphatic carbocycles. The number of benzene rings is 1. The van der Waals surface area contributed by atoms with Crippen LogP contribution in [0.1, 0.15) is 41.3 Å². The van der Waals surface area contributed by atoms with Crippen molar-refractivity contribution in [1.29, 1.82) is 0 Å². The third-order valence-corrected chi connectivity index (χ3v) is 5.90. The number of rotatable bonds is 3. The molecule has 5 nitrogen and oxygen atoms in total. The van der Waals surface area contributed by atoms with Crippen molar-refractivity contribution in [2.24, 2.45) is 7.05 Å². The zero-order valence-corrected chi connectivity index (χ0v) is 15.7. The Kier molecular flexibility index (Phi) is 4.31. The van der Waals surface area contributed by atoms with Crippen molar-refractivity contribution in [3.05, 3.63) is 53.0 Å². The summed E-state index contributed by atoms with van der Waals surface area (Å²) >= 11 is 0. The average Bonchev–Trinajstić information content (AvgIpc) is 3.18. The molecule has 5 heteroatoms. The quantitative estimate of drug-likeness (QED) is 0.786. The van der Waals surface area contributed by atoms with Crippen molar-refractivity contribution >= 4 is 16.8 Å². The van der Waals surface area contributed by atoms with Crippen LogP contribution in [0.3, 0.4) is 0 Å². The summed E-state index contributed by atoms with van der Waals surface area (Å²) in [5.41, 5.74) is 5.72. The van der Waals surface area contributed by atoms with E-state index in [1.54, 1.807) is 0 Å². The third kappa shape index (κ3) is 2.91. The highest BCUT2D eigenvalue weighted by Crippen LogP contribution is 2.33. The van der Waals surface area contributed by atoms with Crippen LogP contribution in [0.2, 0.25) is 0 Å². The first-order valence-corrected chi connectivity index (χ1v) is 9.37. The Morgan fingerprint density at radius 1 is 1.23 bits per heavy atom. The summed E-state index contributed by atoms with van der Waals surface area (Å²) in [6.07, 6.45) is 4.66. The van der Waals surface area contributed by atoms with Crippen LogP contribution in [0.15, 0.2) is 30.5 Å². The molecule has 3 heterocycles. The fourth-order valence-corrected chi connectivity index (χ4v) is 4.21. The van der Waals surface area contributed by atoms with Crippen molar-refractivity contribution in [3.8, 4) is 0 Å². The summed E-state index contributed by atoms with van der Waals surface area (Å²) in [6, 6.07) is 8.46. The SMILES string of the molecule is Cc1nn(C)c(C)c1CC(=O)N1CCC(c2c[nH]c3ccccc23)CC1. The summed E-state index contributed by atoms with van der Waals surface area (Å²) in [6.45, 7) is 5.69. The number of hydrogen-bond donors (Lipinski definition) is 1. The summed E-state index contributed by atoms with van der Waals surface area (Å²) in [5.74, 6) is 0.749. The number of carbonyl (C=O) groups is 1. The molecule has 0 unspecified atom stereocenters. The fourth-order valence-electron chi connectivity index (χ4n) is 4.21. The molecule has 1 N–H and O–H groups in total. The first-order valence-electron chi connectivity index (χ1n) is 9.37. The summed E-state index contributed by atoms with van der Waals surface area (Å²) in [4.78, 5) is 18.2. The van der Waals surface area contributed by atoms with E-state index in [4.69, 9.17) is 0 Å². The Morgan fingerprint density at radius 3 is 2.65 bits per heavy atom. The van der Waals surface area contributed by atoms with E-state index in [2.05, 4.69) is 40.5 Å². The summed E-state index contributed by atoms with van der Waals surface area (Å²) in [5, 5.41) is 5.74. The highest BCUT2D eigenvalue weighted by Gasteiger charge is 2.26. The molecule has 1 aliphatic rings. The van der Waals surface area contributed by atoms with Crippen LogP contribution in [-0.4, -0.2) is 38.7 Å². The summed E-state index contributed by atoms with van der Waals surface area (Å²) in [7, 11) is 1.93. The standard InChI is InChI=1S/C21H26N4O/c1-14-18(15(2)24(3)23-14)12-21(26)25-10-8-16(9-11-25)19-13-22-20-7-5-4-6-17(19)20/h4-7,13,16,22H,8-12H2,1-3H3. The van der Waals surface area contributed by atoms with E-state index in [0.717, 1.165) is 42.9 Å². The highest BCUT2D eigenvalue weighted by molar-refractivity contribution is 5.84. The molecule has 1 aliphatic heterocycles. The highest BCUT2D eigenvalue weighted by atomic mass is 16.2. The molecule has 0 atom stereocenters. The summed E-state index contributed by atoms with van der Waals surface area (Å²) < 4.78 is 1.86. The Hall–Kier alpha value is -2.56. The molecule has 0 bridgehead atoms. The van der Waals surface area contributed by atoms with Gasteiger partial charge in [0.15, 0.2) is 0 Å². The second-order valence-corrected chi connectivity index (χ2v) is 7.39. The molecular weight excluding hydrogens is 324 g/mol. The van der Waals surface area contributed by atoms with Crippen molar-refractivity contribution in [2.45, 2.75) is 39.0 Å². The molecule has 1 saturated heterocycles. The lowest BCUT2D eigenvalue weighted by Crippen LogP contribution is -2.38. The zero-order chi connectivity index (χ0) is 18.3. The molecule has 0 saturated carbocycles. The average molecular weight is 350 g/mol. The molecule has 26 heavy (non-hydrogen) atoms. The van der Waals surface area contributed by atoms with E-state index in [0.29, 0.717) is 12.3 Å². The lowest BCUT2D eigenvalue weighted by molar-refractivity contribution is -0.131. The van der Waals surface area contributed by atoms with Gasteiger partial charge in [-0.3, -0.25) is 9.48 Å². The van der Waals surface area contributed by atoms with Crippen LogP contribution in [0.25, 0.3) is 10.9 Å². The van der Waals surface area contributed by atoms with Gasteiger partial charge in [-0.05, 0) is 44.2 Å². The van der Waals surface area contributed by atoms with Crippen LogP contribution >= 0.6 is 0 Å². The lowest BCUT2D eigenvalue weighted by atomic mass is 9.89. The monoisotopic (exact) mass is 350 g/mol. The van der Waals surface area contributed by atoms with Crippen molar-refractivity contribution < 1.29 is 4.79 Å². The molecule has 0 spiro atoms. The molecule has 3 aromatic rings. The number of aromatic nitrogens is 3. The van der Waals surface area contributed by atoms with Gasteiger partial charge in [-0.25, -0.2) is 0 Å². The number of nitrogens with one attached hydrogen (secondary N) is 1. The largest absolute Gasteiger partial charge is 0.361 e. The predicted molar refractivity (Wildman–Crippen MR) is 103 cm³/mol. The number of amides is 1. The molecule has 136 valence electrons. The zero-order valence-electron chi connectivity index (χ0n) is 15.7. The normalized spacial score (nSPS) is 15.7. The number of hydrogen-bond acceptors (Lipinski definition) is 2.